The molecule has 76 valence electrons. The zero-order chi connectivity index (χ0) is 10.0. The Balaban J connectivity index is -0.000000563. The molecule has 1 aromatic carbocycles. The molecule has 6 heteroatoms. The van der Waals surface area contributed by atoms with Gasteiger partial charge in [0.05, 0.1) is 11.9 Å². The number of carbonyl (C=O) groups excluding carboxylic acids is 2. The first-order valence-corrected chi connectivity index (χ1v) is 3.55. The summed E-state index contributed by atoms with van der Waals surface area (Å²) in [6.45, 7) is 1.60. The molecule has 0 bridgehead atoms. The second-order valence-electron chi connectivity index (χ2n) is 2.66. The Hall–Kier alpha value is 0.160. The second kappa shape index (κ2) is 9.22. The average Bonchev–Trinajstić information content (AvgIpc) is 2.03. The molecule has 0 amide bonds. The van der Waals surface area contributed by atoms with Crippen LogP contribution in [-0.4, -0.2) is 11.9 Å². The first kappa shape index (κ1) is 21.4. The Kier molecular flexibility index (Phi) is 12.4. The Morgan fingerprint density at radius 3 is 1.50 bits per heavy atom. The maximum atomic E-state index is 10.4. The van der Waals surface area contributed by atoms with Crippen molar-refractivity contribution in [2.45, 2.75) is 14.4 Å². The monoisotopic (exact) mass is 240 g/mol. The molecule has 0 aliphatic carbocycles. The van der Waals surface area contributed by atoms with Crippen LogP contribution in [0.15, 0.2) is 18.2 Å². The summed E-state index contributed by atoms with van der Waals surface area (Å²) in [5, 5.41) is 20.8. The van der Waals surface area contributed by atoms with Crippen molar-refractivity contribution in [2.24, 2.45) is 0 Å². The first-order chi connectivity index (χ1) is 6.00. The van der Waals surface area contributed by atoms with E-state index in [-0.39, 0.29) is 77.7 Å². The Labute approximate surface area is 139 Å². The van der Waals surface area contributed by atoms with Crippen LogP contribution in [0.3, 0.4) is 0 Å². The topological polar surface area (TPSA) is 80.3 Å². The van der Waals surface area contributed by atoms with Crippen molar-refractivity contribution >= 4 is 11.9 Å². The number of carbonyl (C=O) groups is 2. The van der Waals surface area contributed by atoms with Crippen molar-refractivity contribution in [3.05, 3.63) is 34.9 Å². The third-order valence-corrected chi connectivity index (χ3v) is 1.55. The number of hydrogen-bond acceptors (Lipinski definition) is 4. The van der Waals surface area contributed by atoms with E-state index in [0.717, 1.165) is 6.07 Å². The van der Waals surface area contributed by atoms with Crippen LogP contribution in [0, 0.1) is 6.92 Å². The molecular formula is C10H10Na2O4. The molecule has 0 spiro atoms. The van der Waals surface area contributed by atoms with Gasteiger partial charge in [0.2, 0.25) is 0 Å². The summed E-state index contributed by atoms with van der Waals surface area (Å²) in [6, 6.07) is 3.68. The van der Waals surface area contributed by atoms with Gasteiger partial charge in [0, 0.05) is 0 Å². The molecule has 0 heterocycles. The summed E-state index contributed by atoms with van der Waals surface area (Å²) < 4.78 is 0. The maximum absolute atomic E-state index is 10.4. The number of aryl methyl sites for hydroxylation is 1. The van der Waals surface area contributed by atoms with Crippen molar-refractivity contribution in [2.75, 3.05) is 0 Å². The summed E-state index contributed by atoms with van der Waals surface area (Å²) in [7, 11) is 0. The molecule has 0 aliphatic heterocycles. The van der Waals surface area contributed by atoms with Crippen molar-refractivity contribution in [3.63, 3.8) is 0 Å². The van der Waals surface area contributed by atoms with Crippen molar-refractivity contribution < 1.29 is 78.9 Å². The third kappa shape index (κ3) is 6.03. The smallest absolute Gasteiger partial charge is 0.545 e. The Morgan fingerprint density at radius 1 is 0.938 bits per heavy atom. The van der Waals surface area contributed by atoms with Gasteiger partial charge in [-0.15, -0.1) is 0 Å². The average molecular weight is 240 g/mol. The van der Waals surface area contributed by atoms with E-state index in [1.807, 2.05) is 0 Å². The molecular weight excluding hydrogens is 230 g/mol. The van der Waals surface area contributed by atoms with Gasteiger partial charge < -0.3 is 19.8 Å². The quantitative estimate of drug-likeness (QED) is 0.481. The summed E-state index contributed by atoms with van der Waals surface area (Å²) in [5.74, 6) is -2.79. The van der Waals surface area contributed by atoms with E-state index in [1.165, 1.54) is 12.1 Å². The zero-order valence-corrected chi connectivity index (χ0v) is 12.9. The number of aromatic carboxylic acids is 2. The van der Waals surface area contributed by atoms with Crippen molar-refractivity contribution in [1.29, 1.82) is 0 Å². The number of benzene rings is 1. The standard InChI is InChI=1S/C9H8O4.CH4.2Na/c1-5-2-6(8(10)11)4-7(3-5)9(12)13;;;/h2-4H,1H3,(H,10,11)(H,12,13);1H4;;/q;;2*+1/p-2. The molecule has 0 N–H and O–H groups in total. The van der Waals surface area contributed by atoms with Crippen LogP contribution in [0.4, 0.5) is 0 Å². The summed E-state index contributed by atoms with van der Waals surface area (Å²) in [5.41, 5.74) is 0.235. The van der Waals surface area contributed by atoms with Gasteiger partial charge in [0.15, 0.2) is 0 Å². The van der Waals surface area contributed by atoms with Gasteiger partial charge in [0.25, 0.3) is 0 Å². The van der Waals surface area contributed by atoms with E-state index in [0.29, 0.717) is 5.56 Å². The number of rotatable bonds is 2. The third-order valence-electron chi connectivity index (χ3n) is 1.55. The van der Waals surface area contributed by atoms with Crippen LogP contribution in [0.2, 0.25) is 0 Å². The van der Waals surface area contributed by atoms with Gasteiger partial charge in [-0.25, -0.2) is 0 Å². The molecule has 1 rings (SSSR count). The molecule has 4 nitrogen and oxygen atoms in total. The van der Waals surface area contributed by atoms with E-state index in [2.05, 4.69) is 0 Å². The molecule has 0 fully saturated rings. The van der Waals surface area contributed by atoms with Gasteiger partial charge >= 0.3 is 59.1 Å². The minimum Gasteiger partial charge on any atom is -0.545 e. The van der Waals surface area contributed by atoms with Crippen LogP contribution >= 0.6 is 0 Å². The fourth-order valence-electron chi connectivity index (χ4n) is 1.02. The SMILES string of the molecule is C.Cc1cc(C(=O)[O-])cc(C(=O)[O-])c1.[Na+].[Na+]. The van der Waals surface area contributed by atoms with E-state index in [9.17, 15) is 19.8 Å². The van der Waals surface area contributed by atoms with Crippen molar-refractivity contribution in [1.82, 2.24) is 0 Å². The van der Waals surface area contributed by atoms with Crippen LogP contribution in [0.25, 0.3) is 0 Å². The molecule has 0 unspecified atom stereocenters. The fraction of sp³-hybridized carbons (Fsp3) is 0.200. The van der Waals surface area contributed by atoms with Crippen molar-refractivity contribution in [3.8, 4) is 0 Å². The van der Waals surface area contributed by atoms with Crippen LogP contribution in [0.1, 0.15) is 33.7 Å². The molecule has 0 atom stereocenters. The van der Waals surface area contributed by atoms with Gasteiger partial charge in [-0.1, -0.05) is 19.6 Å². The number of hydrogen-bond donors (Lipinski definition) is 0. The van der Waals surface area contributed by atoms with E-state index in [4.69, 9.17) is 0 Å². The van der Waals surface area contributed by atoms with Gasteiger partial charge in [-0.05, 0) is 29.7 Å². The largest absolute Gasteiger partial charge is 1.00 e. The zero-order valence-electron chi connectivity index (χ0n) is 8.87. The fourth-order valence-corrected chi connectivity index (χ4v) is 1.02. The van der Waals surface area contributed by atoms with E-state index in [1.54, 1.807) is 6.92 Å². The van der Waals surface area contributed by atoms with Gasteiger partial charge in [-0.3, -0.25) is 0 Å². The maximum Gasteiger partial charge on any atom is 1.00 e. The Morgan fingerprint density at radius 2 is 1.25 bits per heavy atom. The second-order valence-corrected chi connectivity index (χ2v) is 2.66. The summed E-state index contributed by atoms with van der Waals surface area (Å²) in [4.78, 5) is 20.8. The van der Waals surface area contributed by atoms with E-state index >= 15 is 0 Å². The summed E-state index contributed by atoms with van der Waals surface area (Å²) >= 11 is 0. The molecule has 0 aliphatic rings. The predicted molar refractivity (Wildman–Crippen MR) is 46.6 cm³/mol. The first-order valence-electron chi connectivity index (χ1n) is 3.55. The number of carboxylic acid groups (broad SMARTS) is 2. The molecule has 0 saturated heterocycles. The molecule has 0 radical (unpaired) electrons. The molecule has 0 saturated carbocycles. The van der Waals surface area contributed by atoms with E-state index < -0.39 is 11.9 Å². The minimum atomic E-state index is -1.40. The molecule has 16 heavy (non-hydrogen) atoms. The van der Waals surface area contributed by atoms with Crippen LogP contribution in [0.5, 0.6) is 0 Å². The predicted octanol–water partition coefficient (Wildman–Crippen LogP) is -6.63. The van der Waals surface area contributed by atoms with Gasteiger partial charge in [0.1, 0.15) is 0 Å². The molecule has 1 aromatic rings. The summed E-state index contributed by atoms with van der Waals surface area (Å²) in [6.07, 6.45) is 0. The number of carboxylic acids is 2. The van der Waals surface area contributed by atoms with Crippen LogP contribution < -0.4 is 69.3 Å². The molecule has 0 aromatic heterocycles. The normalized spacial score (nSPS) is 7.81. The van der Waals surface area contributed by atoms with Gasteiger partial charge in [-0.2, -0.15) is 0 Å². The Bertz CT molecular complexity index is 345. The van der Waals surface area contributed by atoms with Crippen LogP contribution in [-0.2, 0) is 0 Å². The minimum absolute atomic E-state index is 0.